The molecule has 150 valence electrons. The lowest BCUT2D eigenvalue weighted by Crippen LogP contribution is -2.21. The van der Waals surface area contributed by atoms with Crippen molar-refractivity contribution in [2.24, 2.45) is 0 Å². The van der Waals surface area contributed by atoms with Crippen molar-refractivity contribution in [3.63, 3.8) is 0 Å². The molecule has 0 amide bonds. The van der Waals surface area contributed by atoms with Crippen LogP contribution in [-0.4, -0.2) is 35.4 Å². The van der Waals surface area contributed by atoms with Crippen molar-refractivity contribution < 1.29 is 14.9 Å². The minimum absolute atomic E-state index is 0.0105. The monoisotopic (exact) mass is 408 g/mol. The summed E-state index contributed by atoms with van der Waals surface area (Å²) in [7, 11) is 0. The predicted molar refractivity (Wildman–Crippen MR) is 119 cm³/mol. The van der Waals surface area contributed by atoms with Gasteiger partial charge >= 0.3 is 0 Å². The Hall–Kier alpha value is -2.59. The van der Waals surface area contributed by atoms with Gasteiger partial charge in [-0.3, -0.25) is 0 Å². The van der Waals surface area contributed by atoms with Gasteiger partial charge in [-0.05, 0) is 34.4 Å². The van der Waals surface area contributed by atoms with Crippen molar-refractivity contribution in [3.8, 4) is 5.75 Å². The molecule has 0 saturated carbocycles. The summed E-state index contributed by atoms with van der Waals surface area (Å²) in [6.07, 6.45) is 1.30. The topological polar surface area (TPSA) is 49.7 Å². The number of allylic oxidation sites excluding steroid dienone is 1. The molecule has 0 spiro atoms. The molecule has 2 N–H and O–H groups in total. The second-order valence-corrected chi connectivity index (χ2v) is 7.11. The third kappa shape index (κ3) is 5.94. The van der Waals surface area contributed by atoms with Gasteiger partial charge in [-0.2, -0.15) is 0 Å². The third-order valence-electron chi connectivity index (χ3n) is 4.69. The van der Waals surface area contributed by atoms with E-state index < -0.39 is 6.10 Å². The number of aliphatic hydroxyl groups is 2. The highest BCUT2D eigenvalue weighted by molar-refractivity contribution is 6.19. The second-order valence-electron chi connectivity index (χ2n) is 6.80. The van der Waals surface area contributed by atoms with Crippen LogP contribution in [0.4, 0.5) is 0 Å². The van der Waals surface area contributed by atoms with E-state index in [1.807, 2.05) is 60.7 Å². The number of aliphatic hydroxyl groups excluding tert-OH is 2. The maximum Gasteiger partial charge on any atom is 0.119 e. The van der Waals surface area contributed by atoms with Crippen molar-refractivity contribution in [2.45, 2.75) is 12.0 Å². The van der Waals surface area contributed by atoms with Crippen LogP contribution in [0.15, 0.2) is 84.9 Å². The Balaban J connectivity index is 1.90. The van der Waals surface area contributed by atoms with Gasteiger partial charge in [-0.1, -0.05) is 78.9 Å². The van der Waals surface area contributed by atoms with E-state index in [1.165, 1.54) is 0 Å². The average molecular weight is 409 g/mol. The summed E-state index contributed by atoms with van der Waals surface area (Å²) in [5, 5.41) is 18.3. The van der Waals surface area contributed by atoms with Crippen LogP contribution in [0.3, 0.4) is 0 Å². The van der Waals surface area contributed by atoms with E-state index in [2.05, 4.69) is 30.3 Å². The summed E-state index contributed by atoms with van der Waals surface area (Å²) in [6, 6.07) is 28.2. The molecule has 3 aromatic carbocycles. The Bertz CT molecular complexity index is 892. The Morgan fingerprint density at radius 2 is 1.52 bits per heavy atom. The number of hydrogen-bond acceptors (Lipinski definition) is 3. The maximum atomic E-state index is 9.44. The molecule has 4 heteroatoms. The van der Waals surface area contributed by atoms with Crippen LogP contribution in [-0.2, 0) is 0 Å². The van der Waals surface area contributed by atoms with Crippen molar-refractivity contribution in [1.82, 2.24) is 0 Å². The zero-order valence-electron chi connectivity index (χ0n) is 16.1. The Morgan fingerprint density at radius 3 is 2.10 bits per heavy atom. The zero-order valence-corrected chi connectivity index (χ0v) is 16.9. The fraction of sp³-hybridized carbons (Fsp3) is 0.200. The first kappa shape index (κ1) is 21.1. The summed E-state index contributed by atoms with van der Waals surface area (Å²) in [6.45, 7) is -0.269. The van der Waals surface area contributed by atoms with Gasteiger partial charge in [-0.25, -0.2) is 0 Å². The highest BCUT2D eigenvalue weighted by atomic mass is 35.5. The van der Waals surface area contributed by atoms with Crippen LogP contribution < -0.4 is 4.74 Å². The van der Waals surface area contributed by atoms with Gasteiger partial charge in [0.05, 0.1) is 6.61 Å². The van der Waals surface area contributed by atoms with E-state index >= 15 is 0 Å². The fourth-order valence-electron chi connectivity index (χ4n) is 3.14. The molecule has 29 heavy (non-hydrogen) atoms. The SMILES string of the molecule is OCC(O)COc1ccc(C(CCl)C(=Cc2ccccc2)c2ccccc2)cc1. The number of halogens is 1. The first-order chi connectivity index (χ1) is 14.2. The second kappa shape index (κ2) is 10.8. The molecular weight excluding hydrogens is 384 g/mol. The molecule has 0 heterocycles. The molecular formula is C25H25ClO3. The molecule has 2 unspecified atom stereocenters. The van der Waals surface area contributed by atoms with E-state index in [1.54, 1.807) is 0 Å². The van der Waals surface area contributed by atoms with Crippen LogP contribution in [0.1, 0.15) is 22.6 Å². The van der Waals surface area contributed by atoms with Gasteiger partial charge in [0.25, 0.3) is 0 Å². The molecule has 0 bridgehead atoms. The minimum atomic E-state index is -0.885. The zero-order chi connectivity index (χ0) is 20.5. The predicted octanol–water partition coefficient (Wildman–Crippen LogP) is 4.98. The van der Waals surface area contributed by atoms with Gasteiger partial charge in [0.1, 0.15) is 18.5 Å². The van der Waals surface area contributed by atoms with Crippen molar-refractivity contribution in [1.29, 1.82) is 0 Å². The Morgan fingerprint density at radius 1 is 0.897 bits per heavy atom. The van der Waals surface area contributed by atoms with Gasteiger partial charge in [0.2, 0.25) is 0 Å². The number of alkyl halides is 1. The number of hydrogen-bond donors (Lipinski definition) is 2. The third-order valence-corrected chi connectivity index (χ3v) is 5.00. The summed E-state index contributed by atoms with van der Waals surface area (Å²) >= 11 is 6.44. The molecule has 0 saturated heterocycles. The summed E-state index contributed by atoms with van der Waals surface area (Å²) in [4.78, 5) is 0. The van der Waals surface area contributed by atoms with Crippen LogP contribution in [0, 0.1) is 0 Å². The number of ether oxygens (including phenoxy) is 1. The maximum absolute atomic E-state index is 9.44. The van der Waals surface area contributed by atoms with E-state index in [0.29, 0.717) is 11.6 Å². The molecule has 0 aliphatic rings. The van der Waals surface area contributed by atoms with Gasteiger partial charge in [0, 0.05) is 11.8 Å². The summed E-state index contributed by atoms with van der Waals surface area (Å²) < 4.78 is 5.51. The van der Waals surface area contributed by atoms with Crippen molar-refractivity contribution in [3.05, 3.63) is 102 Å². The quantitative estimate of drug-likeness (QED) is 0.387. The van der Waals surface area contributed by atoms with Crippen molar-refractivity contribution >= 4 is 23.3 Å². The fourth-order valence-corrected chi connectivity index (χ4v) is 3.48. The average Bonchev–Trinajstić information content (AvgIpc) is 2.79. The molecule has 2 atom stereocenters. The van der Waals surface area contributed by atoms with Crippen LogP contribution in [0.5, 0.6) is 5.75 Å². The molecule has 3 rings (SSSR count). The largest absolute Gasteiger partial charge is 0.491 e. The molecule has 3 aromatic rings. The molecule has 0 aliphatic heterocycles. The standard InChI is InChI=1S/C25H25ClO3/c26-16-25(21-11-13-23(14-12-21)29-18-22(28)17-27)24(20-9-5-2-6-10-20)15-19-7-3-1-4-8-19/h1-15,22,25,27-28H,16-18H2. The molecule has 0 aromatic heterocycles. The van der Waals surface area contributed by atoms with Gasteiger partial charge in [-0.15, -0.1) is 11.6 Å². The number of benzene rings is 3. The summed E-state index contributed by atoms with van der Waals surface area (Å²) in [5.74, 6) is 1.09. The lowest BCUT2D eigenvalue weighted by molar-refractivity contribution is 0.0536. The normalized spacial score (nSPS) is 13.7. The van der Waals surface area contributed by atoms with E-state index in [0.717, 1.165) is 22.3 Å². The van der Waals surface area contributed by atoms with Crippen molar-refractivity contribution in [2.75, 3.05) is 19.1 Å². The van der Waals surface area contributed by atoms with Gasteiger partial charge < -0.3 is 14.9 Å². The Kier molecular flexibility index (Phi) is 7.88. The van der Waals surface area contributed by atoms with Gasteiger partial charge in [0.15, 0.2) is 0 Å². The van der Waals surface area contributed by atoms with E-state index in [9.17, 15) is 5.11 Å². The van der Waals surface area contributed by atoms with Crippen LogP contribution in [0.25, 0.3) is 11.6 Å². The van der Waals surface area contributed by atoms with Crippen LogP contribution in [0.2, 0.25) is 0 Å². The van der Waals surface area contributed by atoms with E-state index in [-0.39, 0.29) is 19.1 Å². The smallest absolute Gasteiger partial charge is 0.119 e. The van der Waals surface area contributed by atoms with Crippen LogP contribution >= 0.6 is 11.6 Å². The lowest BCUT2D eigenvalue weighted by Gasteiger charge is -2.20. The Labute approximate surface area is 176 Å². The highest BCUT2D eigenvalue weighted by Gasteiger charge is 2.18. The first-order valence-electron chi connectivity index (χ1n) is 9.61. The highest BCUT2D eigenvalue weighted by Crippen LogP contribution is 2.35. The lowest BCUT2D eigenvalue weighted by atomic mass is 9.86. The number of rotatable bonds is 9. The molecule has 0 aliphatic carbocycles. The molecule has 0 fully saturated rings. The summed E-state index contributed by atoms with van der Waals surface area (Å²) in [5.41, 5.74) is 4.49. The minimum Gasteiger partial charge on any atom is -0.491 e. The van der Waals surface area contributed by atoms with E-state index in [4.69, 9.17) is 21.4 Å². The molecule has 0 radical (unpaired) electrons. The molecule has 3 nitrogen and oxygen atoms in total. The first-order valence-corrected chi connectivity index (χ1v) is 10.1.